The molecule has 2 fully saturated rings. The van der Waals surface area contributed by atoms with Crippen molar-refractivity contribution in [2.24, 2.45) is 5.92 Å². The third-order valence-electron chi connectivity index (χ3n) is 5.37. The van der Waals surface area contributed by atoms with E-state index in [1.165, 1.54) is 0 Å². The Kier molecular flexibility index (Phi) is 6.65. The molecule has 0 N–H and O–H groups in total. The highest BCUT2D eigenvalue weighted by molar-refractivity contribution is 5.33. The summed E-state index contributed by atoms with van der Waals surface area (Å²) in [5, 5.41) is 0. The molecule has 0 radical (unpaired) electrons. The third-order valence-corrected chi connectivity index (χ3v) is 5.37. The number of hydrogen-bond acceptors (Lipinski definition) is 3. The molecule has 1 aromatic carbocycles. The predicted molar refractivity (Wildman–Crippen MR) is 91.8 cm³/mol. The molecule has 0 atom stereocenters. The number of rotatable bonds is 6. The van der Waals surface area contributed by atoms with E-state index < -0.39 is 11.6 Å². The highest BCUT2D eigenvalue weighted by Crippen LogP contribution is 2.40. The molecule has 1 heterocycles. The first-order valence-corrected chi connectivity index (χ1v) is 9.53. The Balaban J connectivity index is 1.51. The lowest BCUT2D eigenvalue weighted by molar-refractivity contribution is -0.182. The maximum Gasteiger partial charge on any atom is 0.200 e. The summed E-state index contributed by atoms with van der Waals surface area (Å²) in [5.74, 6) is -0.860. The summed E-state index contributed by atoms with van der Waals surface area (Å²) in [5.41, 5.74) is 0.498. The third kappa shape index (κ3) is 4.70. The van der Waals surface area contributed by atoms with E-state index in [9.17, 15) is 8.78 Å². The van der Waals surface area contributed by atoms with Gasteiger partial charge in [-0.1, -0.05) is 6.07 Å². The molecule has 1 saturated heterocycles. The summed E-state index contributed by atoms with van der Waals surface area (Å²) in [6, 6.07) is 3.25. The van der Waals surface area contributed by atoms with Crippen LogP contribution in [0.4, 0.5) is 8.78 Å². The fourth-order valence-corrected chi connectivity index (χ4v) is 3.97. The molecule has 1 aromatic rings. The van der Waals surface area contributed by atoms with E-state index in [4.69, 9.17) is 14.2 Å². The van der Waals surface area contributed by atoms with Crippen LogP contribution in [0.3, 0.4) is 0 Å². The molecule has 3 nitrogen and oxygen atoms in total. The van der Waals surface area contributed by atoms with E-state index in [0.29, 0.717) is 18.1 Å². The number of hydrogen-bond donors (Lipinski definition) is 0. The van der Waals surface area contributed by atoms with Crippen molar-refractivity contribution < 1.29 is 23.0 Å². The minimum atomic E-state index is -0.854. The molecular weight excluding hydrogens is 326 g/mol. The maximum absolute atomic E-state index is 14.4. The predicted octanol–water partition coefficient (Wildman–Crippen LogP) is 5.18. The Bertz CT molecular complexity index is 550. The average molecular weight is 354 g/mol. The number of ether oxygens (including phenoxy) is 3. The van der Waals surface area contributed by atoms with Gasteiger partial charge in [0.05, 0.1) is 19.8 Å². The topological polar surface area (TPSA) is 27.7 Å². The van der Waals surface area contributed by atoms with Crippen LogP contribution in [0.25, 0.3) is 0 Å². The zero-order valence-electron chi connectivity index (χ0n) is 14.9. The van der Waals surface area contributed by atoms with Crippen molar-refractivity contribution in [2.45, 2.75) is 64.1 Å². The zero-order valence-corrected chi connectivity index (χ0v) is 14.9. The van der Waals surface area contributed by atoms with E-state index >= 15 is 0 Å². The van der Waals surface area contributed by atoms with Gasteiger partial charge in [-0.25, -0.2) is 4.39 Å². The molecule has 3 rings (SSSR count). The van der Waals surface area contributed by atoms with Gasteiger partial charge in [0.2, 0.25) is 5.82 Å². The molecule has 0 spiro atoms. The van der Waals surface area contributed by atoms with Crippen LogP contribution in [0, 0.1) is 17.6 Å². The van der Waals surface area contributed by atoms with Gasteiger partial charge in [0.25, 0.3) is 0 Å². The van der Waals surface area contributed by atoms with Crippen LogP contribution >= 0.6 is 0 Å². The van der Waals surface area contributed by atoms with Crippen molar-refractivity contribution in [3.05, 3.63) is 29.3 Å². The minimum Gasteiger partial charge on any atom is -0.491 e. The first-order chi connectivity index (χ1) is 12.2. The van der Waals surface area contributed by atoms with Gasteiger partial charge in [-0.3, -0.25) is 0 Å². The molecule has 1 saturated carbocycles. The summed E-state index contributed by atoms with van der Waals surface area (Å²) in [7, 11) is 0. The van der Waals surface area contributed by atoms with Gasteiger partial charge in [-0.15, -0.1) is 0 Å². The van der Waals surface area contributed by atoms with Crippen molar-refractivity contribution in [1.82, 2.24) is 0 Å². The van der Waals surface area contributed by atoms with Gasteiger partial charge in [0.1, 0.15) is 0 Å². The lowest BCUT2D eigenvalue weighted by Crippen LogP contribution is -2.26. The molecule has 5 heteroatoms. The Morgan fingerprint density at radius 2 is 1.72 bits per heavy atom. The lowest BCUT2D eigenvalue weighted by atomic mass is 9.77. The number of halogens is 2. The smallest absolute Gasteiger partial charge is 0.200 e. The van der Waals surface area contributed by atoms with Gasteiger partial charge < -0.3 is 14.2 Å². The normalized spacial score (nSPS) is 25.1. The second-order valence-corrected chi connectivity index (χ2v) is 7.03. The van der Waals surface area contributed by atoms with E-state index in [2.05, 4.69) is 0 Å². The van der Waals surface area contributed by atoms with Crippen molar-refractivity contribution in [2.75, 3.05) is 19.8 Å². The van der Waals surface area contributed by atoms with Gasteiger partial charge in [-0.05, 0) is 75.3 Å². The first-order valence-electron chi connectivity index (χ1n) is 9.53. The molecule has 1 aliphatic carbocycles. The van der Waals surface area contributed by atoms with Crippen LogP contribution in [0.1, 0.15) is 63.4 Å². The second kappa shape index (κ2) is 8.95. The summed E-state index contributed by atoms with van der Waals surface area (Å²) >= 11 is 0. The van der Waals surface area contributed by atoms with Crippen molar-refractivity contribution in [3.8, 4) is 5.75 Å². The molecule has 0 unspecified atom stereocenters. The summed E-state index contributed by atoms with van der Waals surface area (Å²) in [4.78, 5) is 0. The molecule has 0 bridgehead atoms. The largest absolute Gasteiger partial charge is 0.491 e. The van der Waals surface area contributed by atoms with Crippen LogP contribution in [0.15, 0.2) is 12.1 Å². The van der Waals surface area contributed by atoms with Crippen LogP contribution in [-0.4, -0.2) is 26.1 Å². The highest BCUT2D eigenvalue weighted by Gasteiger charge is 2.27. The molecule has 2 aliphatic rings. The second-order valence-electron chi connectivity index (χ2n) is 7.03. The standard InChI is InChI=1S/C20H28F2O3/c1-2-23-17-10-9-16(19(21)20(17)22)15-7-4-14(5-8-15)6-11-18-24-12-3-13-25-18/h9-10,14-15,18H,2-8,11-13H2,1H3. The van der Waals surface area contributed by atoms with Crippen LogP contribution in [0.2, 0.25) is 0 Å². The van der Waals surface area contributed by atoms with Crippen molar-refractivity contribution in [1.29, 1.82) is 0 Å². The Labute approximate surface area is 148 Å². The molecule has 140 valence electrons. The molecule has 1 aliphatic heterocycles. The minimum absolute atomic E-state index is 0.00455. The summed E-state index contributed by atoms with van der Waals surface area (Å²) in [6.45, 7) is 3.67. The molecule has 25 heavy (non-hydrogen) atoms. The van der Waals surface area contributed by atoms with Crippen LogP contribution in [-0.2, 0) is 9.47 Å². The zero-order chi connectivity index (χ0) is 17.6. The molecular formula is C20H28F2O3. The SMILES string of the molecule is CCOc1ccc(C2CCC(CCC3OCCCO3)CC2)c(F)c1F. The Morgan fingerprint density at radius 1 is 1.00 bits per heavy atom. The Morgan fingerprint density at radius 3 is 2.40 bits per heavy atom. The lowest BCUT2D eigenvalue weighted by Gasteiger charge is -2.30. The quantitative estimate of drug-likeness (QED) is 0.704. The van der Waals surface area contributed by atoms with Gasteiger partial charge in [0.15, 0.2) is 17.9 Å². The Hall–Kier alpha value is -1.20. The molecule has 0 amide bonds. The van der Waals surface area contributed by atoms with Gasteiger partial charge in [0, 0.05) is 0 Å². The average Bonchev–Trinajstić information content (AvgIpc) is 2.66. The van der Waals surface area contributed by atoms with E-state index in [1.807, 2.05) is 0 Å². The fourth-order valence-electron chi connectivity index (χ4n) is 3.97. The summed E-state index contributed by atoms with van der Waals surface area (Å²) < 4.78 is 44.8. The molecule has 0 aromatic heterocycles. The van der Waals surface area contributed by atoms with E-state index in [-0.39, 0.29) is 18.0 Å². The van der Waals surface area contributed by atoms with Crippen LogP contribution in [0.5, 0.6) is 5.75 Å². The maximum atomic E-state index is 14.4. The number of benzene rings is 1. The summed E-state index contributed by atoms with van der Waals surface area (Å²) in [6.07, 6.45) is 6.84. The van der Waals surface area contributed by atoms with Gasteiger partial charge >= 0.3 is 0 Å². The monoisotopic (exact) mass is 354 g/mol. The van der Waals surface area contributed by atoms with Gasteiger partial charge in [-0.2, -0.15) is 4.39 Å². The van der Waals surface area contributed by atoms with E-state index in [0.717, 1.165) is 58.2 Å². The van der Waals surface area contributed by atoms with E-state index in [1.54, 1.807) is 19.1 Å². The van der Waals surface area contributed by atoms with Crippen molar-refractivity contribution in [3.63, 3.8) is 0 Å². The van der Waals surface area contributed by atoms with Crippen LogP contribution < -0.4 is 4.74 Å². The van der Waals surface area contributed by atoms with Crippen molar-refractivity contribution >= 4 is 0 Å². The highest BCUT2D eigenvalue weighted by atomic mass is 19.2. The first kappa shape index (κ1) is 18.6. The fraction of sp³-hybridized carbons (Fsp3) is 0.700.